The fourth-order valence-corrected chi connectivity index (χ4v) is 3.94. The molecule has 172 valence electrons. The molecule has 0 atom stereocenters. The zero-order valence-electron chi connectivity index (χ0n) is 19.1. The Labute approximate surface area is 202 Å². The molecule has 5 aromatic rings. The van der Waals surface area contributed by atoms with Crippen molar-refractivity contribution in [1.29, 1.82) is 0 Å². The molecule has 5 rings (SSSR count). The summed E-state index contributed by atoms with van der Waals surface area (Å²) in [7, 11) is 0. The van der Waals surface area contributed by atoms with E-state index in [2.05, 4.69) is 15.7 Å². The van der Waals surface area contributed by atoms with Crippen molar-refractivity contribution in [3.63, 3.8) is 0 Å². The summed E-state index contributed by atoms with van der Waals surface area (Å²) in [5.74, 6) is -0.462. The first kappa shape index (κ1) is 22.0. The summed E-state index contributed by atoms with van der Waals surface area (Å²) < 4.78 is 1.81. The molecule has 0 unspecified atom stereocenters. The fourth-order valence-electron chi connectivity index (χ4n) is 3.94. The Bertz CT molecular complexity index is 1510. The van der Waals surface area contributed by atoms with Crippen LogP contribution in [0.2, 0.25) is 0 Å². The van der Waals surface area contributed by atoms with E-state index in [1.165, 1.54) is 6.92 Å². The predicted molar refractivity (Wildman–Crippen MR) is 137 cm³/mol. The molecule has 0 radical (unpaired) electrons. The van der Waals surface area contributed by atoms with Gasteiger partial charge in [0.05, 0.1) is 29.4 Å². The average Bonchev–Trinajstić information content (AvgIpc) is 3.27. The van der Waals surface area contributed by atoms with Crippen molar-refractivity contribution >= 4 is 34.2 Å². The van der Waals surface area contributed by atoms with Crippen LogP contribution in [0.5, 0.6) is 0 Å². The van der Waals surface area contributed by atoms with Crippen molar-refractivity contribution in [3.8, 4) is 11.3 Å². The molecule has 0 aliphatic heterocycles. The maximum absolute atomic E-state index is 13.4. The van der Waals surface area contributed by atoms with Gasteiger partial charge in [-0.25, -0.2) is 9.67 Å². The van der Waals surface area contributed by atoms with Crippen LogP contribution in [0.15, 0.2) is 97.2 Å². The van der Waals surface area contributed by atoms with E-state index in [1.54, 1.807) is 36.5 Å². The number of rotatable bonds is 6. The molecular weight excluding hydrogens is 438 g/mol. The zero-order valence-corrected chi connectivity index (χ0v) is 19.1. The van der Waals surface area contributed by atoms with E-state index in [1.807, 2.05) is 65.3 Å². The minimum Gasteiger partial charge on any atom is -0.326 e. The molecule has 3 aromatic carbocycles. The molecule has 2 heterocycles. The van der Waals surface area contributed by atoms with Crippen molar-refractivity contribution in [2.45, 2.75) is 13.5 Å². The van der Waals surface area contributed by atoms with Crippen molar-refractivity contribution in [1.82, 2.24) is 14.8 Å². The quantitative estimate of drug-likeness (QED) is 0.356. The van der Waals surface area contributed by atoms with E-state index in [0.717, 1.165) is 11.1 Å². The number of pyridine rings is 1. The van der Waals surface area contributed by atoms with Gasteiger partial charge in [0.15, 0.2) is 5.65 Å². The first-order chi connectivity index (χ1) is 17.1. The number of hydrogen-bond donors (Lipinski definition) is 2. The number of anilines is 2. The first-order valence-electron chi connectivity index (χ1n) is 11.2. The smallest absolute Gasteiger partial charge is 0.256 e. The van der Waals surface area contributed by atoms with Gasteiger partial charge in [-0.1, -0.05) is 66.7 Å². The van der Waals surface area contributed by atoms with E-state index in [4.69, 9.17) is 4.98 Å². The molecular formula is C28H23N5O2. The molecule has 7 nitrogen and oxygen atoms in total. The largest absolute Gasteiger partial charge is 0.326 e. The summed E-state index contributed by atoms with van der Waals surface area (Å²) in [6, 6.07) is 28.6. The number of nitrogens with one attached hydrogen (secondary N) is 2. The van der Waals surface area contributed by atoms with Crippen LogP contribution in [0.1, 0.15) is 22.8 Å². The Balaban J connectivity index is 1.56. The van der Waals surface area contributed by atoms with Gasteiger partial charge in [0.1, 0.15) is 0 Å². The van der Waals surface area contributed by atoms with Crippen molar-refractivity contribution < 1.29 is 9.59 Å². The van der Waals surface area contributed by atoms with Gasteiger partial charge in [-0.15, -0.1) is 0 Å². The normalized spacial score (nSPS) is 10.8. The second kappa shape index (κ2) is 9.61. The van der Waals surface area contributed by atoms with Crippen LogP contribution in [-0.2, 0) is 11.3 Å². The topological polar surface area (TPSA) is 88.9 Å². The van der Waals surface area contributed by atoms with E-state index in [0.29, 0.717) is 40.2 Å². The SMILES string of the molecule is CC(=O)Nc1cccc(NC(=O)c2cc(-c3ccccc3)nc3c2cnn3Cc2ccccc2)c1. The van der Waals surface area contributed by atoms with Gasteiger partial charge in [0, 0.05) is 23.9 Å². The van der Waals surface area contributed by atoms with E-state index >= 15 is 0 Å². The Morgan fingerprint density at radius 1 is 0.829 bits per heavy atom. The molecule has 7 heteroatoms. The third-order valence-corrected chi connectivity index (χ3v) is 5.54. The minimum absolute atomic E-state index is 0.178. The number of fused-ring (bicyclic) bond motifs is 1. The van der Waals surface area contributed by atoms with Gasteiger partial charge in [-0.3, -0.25) is 9.59 Å². The van der Waals surface area contributed by atoms with Crippen LogP contribution in [0, 0.1) is 0 Å². The molecule has 2 N–H and O–H groups in total. The van der Waals surface area contributed by atoms with Gasteiger partial charge < -0.3 is 10.6 Å². The van der Waals surface area contributed by atoms with Crippen LogP contribution in [0.4, 0.5) is 11.4 Å². The second-order valence-electron chi connectivity index (χ2n) is 8.16. The van der Waals surface area contributed by atoms with Gasteiger partial charge in [-0.2, -0.15) is 5.10 Å². The first-order valence-corrected chi connectivity index (χ1v) is 11.2. The number of carbonyl (C=O) groups is 2. The van der Waals surface area contributed by atoms with Gasteiger partial charge in [0.25, 0.3) is 5.91 Å². The molecule has 0 saturated carbocycles. The molecule has 0 aliphatic rings. The standard InChI is InChI=1S/C28H23N5O2/c1-19(34)30-22-13-8-14-23(15-22)31-28(35)24-16-26(21-11-6-3-7-12-21)32-27-25(24)17-29-33(27)18-20-9-4-2-5-10-20/h2-17H,18H2,1H3,(H,30,34)(H,31,35). The van der Waals surface area contributed by atoms with Crippen LogP contribution >= 0.6 is 0 Å². The lowest BCUT2D eigenvalue weighted by molar-refractivity contribution is -0.114. The van der Waals surface area contributed by atoms with Crippen LogP contribution < -0.4 is 10.6 Å². The average molecular weight is 462 g/mol. The van der Waals surface area contributed by atoms with Gasteiger partial charge >= 0.3 is 0 Å². The molecule has 0 bridgehead atoms. The Kier molecular flexibility index (Phi) is 6.05. The Morgan fingerprint density at radius 2 is 1.51 bits per heavy atom. The predicted octanol–water partition coefficient (Wildman–Crippen LogP) is 5.36. The molecule has 2 amide bonds. The summed E-state index contributed by atoms with van der Waals surface area (Å²) >= 11 is 0. The fraction of sp³-hybridized carbons (Fsp3) is 0.0714. The minimum atomic E-state index is -0.284. The van der Waals surface area contributed by atoms with Crippen molar-refractivity contribution in [2.75, 3.05) is 10.6 Å². The number of nitrogens with zero attached hydrogens (tertiary/aromatic N) is 3. The number of benzene rings is 3. The van der Waals surface area contributed by atoms with E-state index < -0.39 is 0 Å². The van der Waals surface area contributed by atoms with Gasteiger partial charge in [-0.05, 0) is 29.8 Å². The third kappa shape index (κ3) is 4.94. The second-order valence-corrected chi connectivity index (χ2v) is 8.16. The lowest BCUT2D eigenvalue weighted by atomic mass is 10.1. The lowest BCUT2D eigenvalue weighted by Gasteiger charge is -2.11. The maximum atomic E-state index is 13.4. The van der Waals surface area contributed by atoms with Crippen LogP contribution in [-0.4, -0.2) is 26.6 Å². The molecule has 0 saturated heterocycles. The number of hydrogen-bond acceptors (Lipinski definition) is 4. The number of carbonyl (C=O) groups excluding carboxylic acids is 2. The van der Waals surface area contributed by atoms with Crippen LogP contribution in [0.3, 0.4) is 0 Å². The number of aromatic nitrogens is 3. The third-order valence-electron chi connectivity index (χ3n) is 5.54. The van der Waals surface area contributed by atoms with Crippen molar-refractivity contribution in [2.24, 2.45) is 0 Å². The molecule has 2 aromatic heterocycles. The molecule has 0 spiro atoms. The highest BCUT2D eigenvalue weighted by Gasteiger charge is 2.18. The zero-order chi connectivity index (χ0) is 24.2. The van der Waals surface area contributed by atoms with E-state index in [9.17, 15) is 9.59 Å². The summed E-state index contributed by atoms with van der Waals surface area (Å²) in [6.07, 6.45) is 1.68. The lowest BCUT2D eigenvalue weighted by Crippen LogP contribution is -2.14. The van der Waals surface area contributed by atoms with Crippen molar-refractivity contribution in [3.05, 3.63) is 108 Å². The maximum Gasteiger partial charge on any atom is 0.256 e. The molecule has 0 aliphatic carbocycles. The monoisotopic (exact) mass is 461 g/mol. The van der Waals surface area contributed by atoms with Crippen LogP contribution in [0.25, 0.3) is 22.3 Å². The highest BCUT2D eigenvalue weighted by atomic mass is 16.2. The van der Waals surface area contributed by atoms with E-state index in [-0.39, 0.29) is 11.8 Å². The molecule has 0 fully saturated rings. The van der Waals surface area contributed by atoms with Gasteiger partial charge in [0.2, 0.25) is 5.91 Å². The highest BCUT2D eigenvalue weighted by Crippen LogP contribution is 2.26. The molecule has 35 heavy (non-hydrogen) atoms. The number of amides is 2. The summed E-state index contributed by atoms with van der Waals surface area (Å²) in [6.45, 7) is 1.98. The summed E-state index contributed by atoms with van der Waals surface area (Å²) in [4.78, 5) is 29.7. The summed E-state index contributed by atoms with van der Waals surface area (Å²) in [5.41, 5.74) is 4.96. The highest BCUT2D eigenvalue weighted by molar-refractivity contribution is 6.12. The Morgan fingerprint density at radius 3 is 2.23 bits per heavy atom. The summed E-state index contributed by atoms with van der Waals surface area (Å²) in [5, 5.41) is 10.9. The Hall–Kier alpha value is -4.78.